The van der Waals surface area contributed by atoms with Crippen molar-refractivity contribution in [2.75, 3.05) is 34.5 Å². The van der Waals surface area contributed by atoms with Crippen molar-refractivity contribution in [3.63, 3.8) is 0 Å². The van der Waals surface area contributed by atoms with Crippen molar-refractivity contribution in [3.8, 4) is 23.0 Å². The van der Waals surface area contributed by atoms with E-state index in [1.54, 1.807) is 19.1 Å². The van der Waals surface area contributed by atoms with Crippen LogP contribution in [0, 0.1) is 5.21 Å². The highest BCUT2D eigenvalue weighted by Gasteiger charge is 2.29. The molecule has 0 atom stereocenters. The minimum atomic E-state index is -0.891. The fourth-order valence-corrected chi connectivity index (χ4v) is 3.37. The number of benzene rings is 2. The van der Waals surface area contributed by atoms with Crippen LogP contribution in [0.3, 0.4) is 0 Å². The Hall–Kier alpha value is -4.28. The van der Waals surface area contributed by atoms with Crippen molar-refractivity contribution < 1.29 is 42.7 Å². The molecule has 0 aliphatic carbocycles. The number of carbonyl (C=O) groups is 2. The average Bonchev–Trinajstić information content (AvgIpc) is 2.86. The van der Waals surface area contributed by atoms with Gasteiger partial charge in [-0.1, -0.05) is 0 Å². The van der Waals surface area contributed by atoms with Gasteiger partial charge in [-0.2, -0.15) is 4.73 Å². The fraction of sp³-hybridized carbons (Fsp3) is 0.333. The van der Waals surface area contributed by atoms with Gasteiger partial charge in [0, 0.05) is 0 Å². The minimum absolute atomic E-state index is 0.0422. The van der Waals surface area contributed by atoms with E-state index in [0.29, 0.717) is 22.8 Å². The Kier molecular flexibility index (Phi) is 8.13. The maximum atomic E-state index is 13.1. The number of esters is 2. The number of hydrogen-bond acceptors (Lipinski definition) is 10. The smallest absolute Gasteiger partial charge is 0.407 e. The molecule has 3 rings (SSSR count). The van der Waals surface area contributed by atoms with Crippen LogP contribution in [0.25, 0.3) is 11.0 Å². The van der Waals surface area contributed by atoms with Crippen LogP contribution in [-0.2, 0) is 16.1 Å². The molecule has 0 N–H and O–H groups in total. The van der Waals surface area contributed by atoms with Gasteiger partial charge in [0.15, 0.2) is 17.2 Å². The number of fused-ring (bicyclic) bond motifs is 1. The molecule has 0 radical (unpaired) electrons. The largest absolute Gasteiger partial charge is 0.618 e. The Bertz CT molecular complexity index is 1220. The molecule has 0 amide bonds. The summed E-state index contributed by atoms with van der Waals surface area (Å²) in [6, 6.07) is 7.55. The predicted molar refractivity (Wildman–Crippen MR) is 123 cm³/mol. The quantitative estimate of drug-likeness (QED) is 0.240. The van der Waals surface area contributed by atoms with Gasteiger partial charge in [-0.05, 0) is 38.1 Å². The number of carbonyl (C=O) groups excluding carboxylic acids is 2. The molecule has 2 aromatic carbocycles. The number of hydrogen-bond donors (Lipinski definition) is 0. The van der Waals surface area contributed by atoms with Gasteiger partial charge in [-0.25, -0.2) is 14.6 Å². The summed E-state index contributed by atoms with van der Waals surface area (Å²) < 4.78 is 32.0. The molecule has 35 heavy (non-hydrogen) atoms. The first-order valence-electron chi connectivity index (χ1n) is 10.7. The Labute approximate surface area is 201 Å². The zero-order chi connectivity index (χ0) is 25.5. The minimum Gasteiger partial charge on any atom is -0.618 e. The Morgan fingerprint density at radius 1 is 0.914 bits per heavy atom. The monoisotopic (exact) mass is 486 g/mol. The van der Waals surface area contributed by atoms with Crippen LogP contribution < -0.4 is 23.7 Å². The first-order chi connectivity index (χ1) is 16.9. The summed E-state index contributed by atoms with van der Waals surface area (Å²) in [6.45, 7) is 3.40. The Balaban J connectivity index is 1.98. The summed E-state index contributed by atoms with van der Waals surface area (Å²) in [5.74, 6) is -0.369. The molecule has 11 nitrogen and oxygen atoms in total. The van der Waals surface area contributed by atoms with Crippen LogP contribution >= 0.6 is 0 Å². The van der Waals surface area contributed by atoms with Crippen molar-refractivity contribution in [2.24, 2.45) is 0 Å². The van der Waals surface area contributed by atoms with Crippen LogP contribution in [-0.4, -0.2) is 51.5 Å². The number of aromatic nitrogens is 2. The predicted octanol–water partition coefficient (Wildman–Crippen LogP) is 2.83. The first kappa shape index (κ1) is 25.3. The summed E-state index contributed by atoms with van der Waals surface area (Å²) >= 11 is 0. The maximum absolute atomic E-state index is 13.1. The second-order valence-electron chi connectivity index (χ2n) is 7.00. The summed E-state index contributed by atoms with van der Waals surface area (Å²) in [7, 11) is 4.28. The van der Waals surface area contributed by atoms with Crippen LogP contribution in [0.1, 0.15) is 40.4 Å². The van der Waals surface area contributed by atoms with Crippen molar-refractivity contribution >= 4 is 23.0 Å². The fourth-order valence-electron chi connectivity index (χ4n) is 3.37. The van der Waals surface area contributed by atoms with E-state index in [4.69, 9.17) is 28.4 Å². The third kappa shape index (κ3) is 5.29. The number of rotatable bonds is 10. The van der Waals surface area contributed by atoms with E-state index in [2.05, 4.69) is 4.98 Å². The van der Waals surface area contributed by atoms with Gasteiger partial charge in [0.1, 0.15) is 17.9 Å². The molecule has 0 saturated heterocycles. The van der Waals surface area contributed by atoms with E-state index in [-0.39, 0.29) is 46.1 Å². The molecule has 0 spiro atoms. The van der Waals surface area contributed by atoms with E-state index < -0.39 is 18.5 Å². The maximum Gasteiger partial charge on any atom is 0.407 e. The van der Waals surface area contributed by atoms with Gasteiger partial charge in [0.25, 0.3) is 0 Å². The highest BCUT2D eigenvalue weighted by Crippen LogP contribution is 2.38. The molecule has 0 unspecified atom stereocenters. The van der Waals surface area contributed by atoms with Gasteiger partial charge < -0.3 is 33.6 Å². The number of methoxy groups -OCH3 is 3. The van der Waals surface area contributed by atoms with Gasteiger partial charge >= 0.3 is 17.6 Å². The Morgan fingerprint density at radius 3 is 2.17 bits per heavy atom. The molecule has 0 bridgehead atoms. The molecular formula is C24H26N2O9. The van der Waals surface area contributed by atoms with Crippen molar-refractivity contribution in [1.29, 1.82) is 0 Å². The standard InChI is InChI=1S/C24H26N2O9/c1-6-33-15-8-9-16-18(12-15)26(29)21(24(28)34-7-2)17(25-16)13-35-23(27)14-10-19(30-3)22(32-5)20(11-14)31-4/h8-12H,6-7,13H2,1-5H3. The van der Waals surface area contributed by atoms with Crippen LogP contribution in [0.2, 0.25) is 0 Å². The highest BCUT2D eigenvalue weighted by atomic mass is 16.5. The van der Waals surface area contributed by atoms with Crippen molar-refractivity contribution in [3.05, 3.63) is 52.5 Å². The average molecular weight is 486 g/mol. The third-order valence-corrected chi connectivity index (χ3v) is 4.92. The molecule has 1 aromatic heterocycles. The van der Waals surface area contributed by atoms with Gasteiger partial charge in [-0.15, -0.1) is 0 Å². The highest BCUT2D eigenvalue weighted by molar-refractivity contribution is 5.92. The lowest BCUT2D eigenvalue weighted by Gasteiger charge is -2.14. The molecule has 186 valence electrons. The molecule has 0 aliphatic rings. The van der Waals surface area contributed by atoms with Crippen molar-refractivity contribution in [2.45, 2.75) is 20.5 Å². The van der Waals surface area contributed by atoms with Gasteiger partial charge in [-0.3, -0.25) is 0 Å². The molecule has 0 saturated carbocycles. The lowest BCUT2D eigenvalue weighted by molar-refractivity contribution is -0.581. The summed E-state index contributed by atoms with van der Waals surface area (Å²) in [4.78, 5) is 29.8. The summed E-state index contributed by atoms with van der Waals surface area (Å²) in [6.07, 6.45) is 0. The molecule has 3 aromatic rings. The number of ether oxygens (including phenoxy) is 6. The normalized spacial score (nSPS) is 10.5. The second kappa shape index (κ2) is 11.2. The summed E-state index contributed by atoms with van der Waals surface area (Å²) in [5, 5.41) is 13.1. The third-order valence-electron chi connectivity index (χ3n) is 4.92. The molecular weight excluding hydrogens is 460 g/mol. The van der Waals surface area contributed by atoms with Crippen LogP contribution in [0.4, 0.5) is 0 Å². The van der Waals surface area contributed by atoms with E-state index >= 15 is 0 Å². The van der Waals surface area contributed by atoms with E-state index in [9.17, 15) is 14.8 Å². The zero-order valence-corrected chi connectivity index (χ0v) is 20.1. The van der Waals surface area contributed by atoms with Crippen molar-refractivity contribution in [1.82, 2.24) is 4.98 Å². The zero-order valence-electron chi connectivity index (χ0n) is 20.1. The molecule has 1 heterocycles. The van der Waals surface area contributed by atoms with E-state index in [1.807, 2.05) is 6.92 Å². The Morgan fingerprint density at radius 2 is 1.60 bits per heavy atom. The number of nitrogens with zero attached hydrogens (tertiary/aromatic N) is 2. The van der Waals surface area contributed by atoms with E-state index in [0.717, 1.165) is 0 Å². The van der Waals surface area contributed by atoms with Gasteiger partial charge in [0.05, 0.1) is 46.2 Å². The molecule has 0 aliphatic heterocycles. The van der Waals surface area contributed by atoms with Crippen LogP contribution in [0.5, 0.6) is 23.0 Å². The molecule has 11 heteroatoms. The first-order valence-corrected chi connectivity index (χ1v) is 10.7. The lowest BCUT2D eigenvalue weighted by Crippen LogP contribution is -2.39. The summed E-state index contributed by atoms with van der Waals surface area (Å²) in [5.41, 5.74) is 0.0602. The topological polar surface area (TPSA) is 129 Å². The lowest BCUT2D eigenvalue weighted by atomic mass is 10.2. The van der Waals surface area contributed by atoms with Crippen LogP contribution in [0.15, 0.2) is 30.3 Å². The second-order valence-corrected chi connectivity index (χ2v) is 7.00. The van der Waals surface area contributed by atoms with E-state index in [1.165, 1.54) is 39.5 Å². The SMILES string of the molecule is CCOC(=O)c1c(COC(=O)c2cc(OC)c(OC)c(OC)c2)nc2ccc(OCC)cc2[n+]1[O-]. The van der Waals surface area contributed by atoms with Gasteiger partial charge in [0.2, 0.25) is 11.3 Å². The molecule has 0 fully saturated rings.